The van der Waals surface area contributed by atoms with Crippen LogP contribution < -0.4 is 0 Å². The second-order valence-corrected chi connectivity index (χ2v) is 2.29. The zero-order valence-electron chi connectivity index (χ0n) is 5.29. The van der Waals surface area contributed by atoms with E-state index in [1.807, 2.05) is 0 Å². The molecule has 54 valence electrons. The Hall–Kier alpha value is -0.220. The SMILES string of the molecule is CCOC(=O)SCCO. The molecule has 0 radical (unpaired) electrons. The summed E-state index contributed by atoms with van der Waals surface area (Å²) < 4.78 is 4.56. The fourth-order valence-corrected chi connectivity index (χ4v) is 0.748. The zero-order valence-corrected chi connectivity index (χ0v) is 6.11. The van der Waals surface area contributed by atoms with E-state index in [1.54, 1.807) is 6.92 Å². The molecule has 0 rings (SSSR count). The van der Waals surface area contributed by atoms with Crippen LogP contribution in [0.25, 0.3) is 0 Å². The first kappa shape index (κ1) is 8.78. The molecule has 0 bridgehead atoms. The predicted molar refractivity (Wildman–Crippen MR) is 36.6 cm³/mol. The third-order valence-electron chi connectivity index (χ3n) is 0.573. The summed E-state index contributed by atoms with van der Waals surface area (Å²) in [6, 6.07) is 0. The molecule has 0 spiro atoms. The second kappa shape index (κ2) is 5.91. The molecule has 0 unspecified atom stereocenters. The van der Waals surface area contributed by atoms with Crippen LogP contribution in [0.2, 0.25) is 0 Å². The van der Waals surface area contributed by atoms with E-state index < -0.39 is 0 Å². The molecule has 1 N–H and O–H groups in total. The summed E-state index contributed by atoms with van der Waals surface area (Å²) in [6.45, 7) is 2.16. The van der Waals surface area contributed by atoms with Gasteiger partial charge >= 0.3 is 5.30 Å². The van der Waals surface area contributed by atoms with Crippen molar-refractivity contribution in [1.29, 1.82) is 0 Å². The van der Waals surface area contributed by atoms with Gasteiger partial charge in [0.05, 0.1) is 13.2 Å². The Bertz CT molecular complexity index is 84.3. The summed E-state index contributed by atoms with van der Waals surface area (Å²) in [7, 11) is 0. The lowest BCUT2D eigenvalue weighted by Crippen LogP contribution is -1.98. The highest BCUT2D eigenvalue weighted by atomic mass is 32.2. The standard InChI is InChI=1S/C5H10O3S/c1-2-8-5(7)9-4-3-6/h6H,2-4H2,1H3. The molecule has 0 aliphatic carbocycles. The minimum atomic E-state index is -0.313. The van der Waals surface area contributed by atoms with Crippen molar-refractivity contribution in [3.8, 4) is 0 Å². The molecule has 0 aliphatic heterocycles. The Labute approximate surface area is 58.4 Å². The molecule has 0 amide bonds. The maximum Gasteiger partial charge on any atom is 0.367 e. The molecule has 0 saturated carbocycles. The van der Waals surface area contributed by atoms with Crippen LogP contribution >= 0.6 is 11.8 Å². The molecule has 0 saturated heterocycles. The number of carbonyl (C=O) groups excluding carboxylic acids is 1. The molecular formula is C5H10O3S. The van der Waals surface area contributed by atoms with Crippen LogP contribution in [0.3, 0.4) is 0 Å². The highest BCUT2D eigenvalue weighted by Gasteiger charge is 1.98. The molecule has 0 atom stereocenters. The first-order valence-electron chi connectivity index (χ1n) is 2.71. The van der Waals surface area contributed by atoms with Gasteiger partial charge < -0.3 is 9.84 Å². The topological polar surface area (TPSA) is 46.5 Å². The second-order valence-electron chi connectivity index (χ2n) is 1.26. The summed E-state index contributed by atoms with van der Waals surface area (Å²) >= 11 is 0.990. The van der Waals surface area contributed by atoms with Gasteiger partial charge in [-0.25, -0.2) is 4.79 Å². The lowest BCUT2D eigenvalue weighted by Gasteiger charge is -1.97. The quantitative estimate of drug-likeness (QED) is 0.606. The summed E-state index contributed by atoms with van der Waals surface area (Å²) in [4.78, 5) is 10.4. The Morgan fingerprint density at radius 1 is 1.78 bits per heavy atom. The smallest absolute Gasteiger partial charge is 0.367 e. The molecule has 0 aromatic carbocycles. The van der Waals surface area contributed by atoms with Crippen LogP contribution in [0, 0.1) is 0 Å². The third kappa shape index (κ3) is 5.65. The number of thioether (sulfide) groups is 1. The average Bonchev–Trinajstić information content (AvgIpc) is 1.85. The number of aliphatic hydroxyl groups excluding tert-OH is 1. The van der Waals surface area contributed by atoms with E-state index in [1.165, 1.54) is 0 Å². The fraction of sp³-hybridized carbons (Fsp3) is 0.800. The number of aliphatic hydroxyl groups is 1. The molecule has 0 aromatic heterocycles. The minimum Gasteiger partial charge on any atom is -0.458 e. The number of hydrogen-bond donors (Lipinski definition) is 1. The van der Waals surface area contributed by atoms with Gasteiger partial charge in [0.15, 0.2) is 0 Å². The van der Waals surface area contributed by atoms with Gasteiger partial charge in [0.25, 0.3) is 0 Å². The highest BCUT2D eigenvalue weighted by Crippen LogP contribution is 2.02. The van der Waals surface area contributed by atoms with Gasteiger partial charge in [0.2, 0.25) is 0 Å². The van der Waals surface area contributed by atoms with Crippen LogP contribution in [-0.2, 0) is 4.74 Å². The van der Waals surface area contributed by atoms with Crippen LogP contribution in [0.15, 0.2) is 0 Å². The van der Waals surface area contributed by atoms with E-state index in [2.05, 4.69) is 4.74 Å². The Morgan fingerprint density at radius 2 is 2.44 bits per heavy atom. The normalized spacial score (nSPS) is 9.11. The Morgan fingerprint density at radius 3 is 2.89 bits per heavy atom. The maximum atomic E-state index is 10.4. The lowest BCUT2D eigenvalue weighted by atomic mass is 10.9. The summed E-state index contributed by atoms with van der Waals surface area (Å²) in [6.07, 6.45) is 0. The first-order chi connectivity index (χ1) is 4.31. The van der Waals surface area contributed by atoms with Crippen molar-refractivity contribution in [2.24, 2.45) is 0 Å². The Kier molecular flexibility index (Phi) is 5.76. The van der Waals surface area contributed by atoms with E-state index in [0.29, 0.717) is 12.4 Å². The van der Waals surface area contributed by atoms with Crippen molar-refractivity contribution >= 4 is 17.1 Å². The molecule has 0 aromatic rings. The van der Waals surface area contributed by atoms with Crippen LogP contribution in [0.4, 0.5) is 4.79 Å². The largest absolute Gasteiger partial charge is 0.458 e. The van der Waals surface area contributed by atoms with Gasteiger partial charge in [-0.05, 0) is 18.7 Å². The number of ether oxygens (including phenoxy) is 1. The number of hydrogen-bond acceptors (Lipinski definition) is 4. The molecular weight excluding hydrogens is 140 g/mol. The van der Waals surface area contributed by atoms with Gasteiger partial charge in [-0.2, -0.15) is 0 Å². The zero-order chi connectivity index (χ0) is 7.11. The maximum absolute atomic E-state index is 10.4. The van der Waals surface area contributed by atoms with Gasteiger partial charge in [-0.3, -0.25) is 0 Å². The molecule has 9 heavy (non-hydrogen) atoms. The van der Waals surface area contributed by atoms with Crippen molar-refractivity contribution in [3.63, 3.8) is 0 Å². The van der Waals surface area contributed by atoms with Crippen molar-refractivity contribution in [2.75, 3.05) is 19.0 Å². The molecule has 3 nitrogen and oxygen atoms in total. The van der Waals surface area contributed by atoms with Crippen molar-refractivity contribution < 1.29 is 14.6 Å². The highest BCUT2D eigenvalue weighted by molar-refractivity contribution is 8.13. The molecule has 0 aliphatic rings. The molecule has 4 heteroatoms. The van der Waals surface area contributed by atoms with Gasteiger partial charge in [0, 0.05) is 5.75 Å². The molecule has 0 fully saturated rings. The molecule has 0 heterocycles. The van der Waals surface area contributed by atoms with E-state index in [-0.39, 0.29) is 11.9 Å². The van der Waals surface area contributed by atoms with Crippen molar-refractivity contribution in [2.45, 2.75) is 6.92 Å². The van der Waals surface area contributed by atoms with Crippen LogP contribution in [0.1, 0.15) is 6.92 Å². The first-order valence-corrected chi connectivity index (χ1v) is 3.70. The average molecular weight is 150 g/mol. The monoisotopic (exact) mass is 150 g/mol. The predicted octanol–water partition coefficient (Wildman–Crippen LogP) is 0.868. The van der Waals surface area contributed by atoms with E-state index >= 15 is 0 Å². The van der Waals surface area contributed by atoms with E-state index in [4.69, 9.17) is 5.11 Å². The van der Waals surface area contributed by atoms with E-state index in [0.717, 1.165) is 11.8 Å². The fourth-order valence-electron chi connectivity index (χ4n) is 0.288. The number of rotatable bonds is 3. The summed E-state index contributed by atoms with van der Waals surface area (Å²) in [5.74, 6) is 0.416. The summed E-state index contributed by atoms with van der Waals surface area (Å²) in [5.41, 5.74) is 0. The van der Waals surface area contributed by atoms with Crippen LogP contribution in [0.5, 0.6) is 0 Å². The van der Waals surface area contributed by atoms with Crippen molar-refractivity contribution in [1.82, 2.24) is 0 Å². The lowest BCUT2D eigenvalue weighted by molar-refractivity contribution is 0.181. The van der Waals surface area contributed by atoms with E-state index in [9.17, 15) is 4.79 Å². The third-order valence-corrected chi connectivity index (χ3v) is 1.31. The van der Waals surface area contributed by atoms with Crippen LogP contribution in [-0.4, -0.2) is 29.4 Å². The van der Waals surface area contributed by atoms with Gasteiger partial charge in [-0.1, -0.05) is 0 Å². The van der Waals surface area contributed by atoms with Gasteiger partial charge in [0.1, 0.15) is 0 Å². The number of carbonyl (C=O) groups is 1. The minimum absolute atomic E-state index is 0.0173. The van der Waals surface area contributed by atoms with Gasteiger partial charge in [-0.15, -0.1) is 0 Å². The summed E-state index contributed by atoms with van der Waals surface area (Å²) in [5, 5.41) is 7.94. The Balaban J connectivity index is 3.06. The van der Waals surface area contributed by atoms with Crippen molar-refractivity contribution in [3.05, 3.63) is 0 Å².